The molecule has 0 spiro atoms. The predicted molar refractivity (Wildman–Crippen MR) is 97.8 cm³/mol. The minimum atomic E-state index is 0.257. The molecule has 124 valence electrons. The molecule has 0 bridgehead atoms. The number of halogens is 1. The van der Waals surface area contributed by atoms with Gasteiger partial charge in [0.2, 0.25) is 5.89 Å². The fourth-order valence-corrected chi connectivity index (χ4v) is 2.95. The lowest BCUT2D eigenvalue weighted by Crippen LogP contribution is -2.25. The van der Waals surface area contributed by atoms with Crippen molar-refractivity contribution in [3.8, 4) is 11.3 Å². The molecule has 0 aliphatic heterocycles. The number of benzene rings is 2. The highest BCUT2D eigenvalue weighted by molar-refractivity contribution is 6.30. The van der Waals surface area contributed by atoms with E-state index in [4.69, 9.17) is 16.0 Å². The second-order valence-corrected chi connectivity index (χ2v) is 6.58. The molecule has 4 heteroatoms. The van der Waals surface area contributed by atoms with Crippen molar-refractivity contribution in [1.29, 1.82) is 0 Å². The summed E-state index contributed by atoms with van der Waals surface area (Å²) < 4.78 is 5.86. The first kappa shape index (κ1) is 16.7. The highest BCUT2D eigenvalue weighted by Crippen LogP contribution is 2.25. The first-order chi connectivity index (χ1) is 11.6. The third-order valence-corrected chi connectivity index (χ3v) is 4.20. The Morgan fingerprint density at radius 1 is 1.08 bits per heavy atom. The van der Waals surface area contributed by atoms with Gasteiger partial charge in [0.1, 0.15) is 0 Å². The molecule has 0 saturated heterocycles. The zero-order valence-corrected chi connectivity index (χ0v) is 14.6. The molecule has 0 saturated carbocycles. The third-order valence-electron chi connectivity index (χ3n) is 3.96. The molecule has 24 heavy (non-hydrogen) atoms. The quantitative estimate of drug-likeness (QED) is 0.645. The molecule has 3 nitrogen and oxygen atoms in total. The lowest BCUT2D eigenvalue weighted by atomic mass is 9.96. The fraction of sp³-hybridized carbons (Fsp3) is 0.250. The normalized spacial score (nSPS) is 12.5. The van der Waals surface area contributed by atoms with Gasteiger partial charge in [-0.2, -0.15) is 0 Å². The van der Waals surface area contributed by atoms with Crippen LogP contribution in [0.25, 0.3) is 11.3 Å². The summed E-state index contributed by atoms with van der Waals surface area (Å²) in [6.45, 7) is 4.99. The van der Waals surface area contributed by atoms with Crippen LogP contribution >= 0.6 is 11.6 Å². The van der Waals surface area contributed by atoms with Gasteiger partial charge in [-0.3, -0.25) is 0 Å². The van der Waals surface area contributed by atoms with E-state index in [1.165, 1.54) is 5.56 Å². The summed E-state index contributed by atoms with van der Waals surface area (Å²) in [5.41, 5.74) is 2.21. The van der Waals surface area contributed by atoms with Crippen LogP contribution in [-0.4, -0.2) is 4.98 Å². The molecule has 3 aromatic rings. The Morgan fingerprint density at radius 3 is 2.58 bits per heavy atom. The van der Waals surface area contributed by atoms with Crippen molar-refractivity contribution in [2.75, 3.05) is 0 Å². The van der Waals surface area contributed by atoms with Crippen molar-refractivity contribution >= 4 is 11.6 Å². The van der Waals surface area contributed by atoms with E-state index in [0.717, 1.165) is 11.3 Å². The molecule has 1 atom stereocenters. The summed E-state index contributed by atoms with van der Waals surface area (Å²) in [4.78, 5) is 4.37. The van der Waals surface area contributed by atoms with Crippen molar-refractivity contribution in [2.24, 2.45) is 5.92 Å². The Labute approximate surface area is 147 Å². The molecular formula is C20H21ClN2O. The van der Waals surface area contributed by atoms with E-state index in [1.807, 2.05) is 30.3 Å². The number of rotatable bonds is 6. The average Bonchev–Trinajstić information content (AvgIpc) is 3.05. The molecule has 2 aromatic carbocycles. The van der Waals surface area contributed by atoms with Crippen molar-refractivity contribution in [1.82, 2.24) is 10.3 Å². The summed E-state index contributed by atoms with van der Waals surface area (Å²) >= 11 is 6.03. The van der Waals surface area contributed by atoms with E-state index in [0.29, 0.717) is 23.4 Å². The number of oxazole rings is 1. The minimum Gasteiger partial charge on any atom is -0.439 e. The molecule has 0 fully saturated rings. The van der Waals surface area contributed by atoms with Gasteiger partial charge in [0.15, 0.2) is 5.76 Å². The van der Waals surface area contributed by atoms with Gasteiger partial charge in [0, 0.05) is 16.6 Å². The van der Waals surface area contributed by atoms with Crippen LogP contribution < -0.4 is 5.32 Å². The number of nitrogens with one attached hydrogen (secondary N) is 1. The van der Waals surface area contributed by atoms with E-state index in [-0.39, 0.29) is 6.04 Å². The van der Waals surface area contributed by atoms with Crippen molar-refractivity contribution < 1.29 is 4.42 Å². The maximum atomic E-state index is 6.03. The van der Waals surface area contributed by atoms with Gasteiger partial charge in [0.05, 0.1) is 12.7 Å². The Bertz CT molecular complexity index is 783. The maximum absolute atomic E-state index is 6.03. The van der Waals surface area contributed by atoms with Crippen molar-refractivity contribution in [2.45, 2.75) is 26.4 Å². The van der Waals surface area contributed by atoms with Gasteiger partial charge in [-0.15, -0.1) is 0 Å². The number of hydrogen-bond acceptors (Lipinski definition) is 3. The molecule has 1 heterocycles. The van der Waals surface area contributed by atoms with Gasteiger partial charge in [-0.25, -0.2) is 4.98 Å². The van der Waals surface area contributed by atoms with E-state index in [2.05, 4.69) is 48.4 Å². The highest BCUT2D eigenvalue weighted by atomic mass is 35.5. The second-order valence-electron chi connectivity index (χ2n) is 6.14. The first-order valence-electron chi connectivity index (χ1n) is 8.12. The summed E-state index contributed by atoms with van der Waals surface area (Å²) in [7, 11) is 0. The van der Waals surface area contributed by atoms with Gasteiger partial charge < -0.3 is 9.73 Å². The molecular weight excluding hydrogens is 320 g/mol. The van der Waals surface area contributed by atoms with Crippen LogP contribution in [0.5, 0.6) is 0 Å². The minimum absolute atomic E-state index is 0.257. The monoisotopic (exact) mass is 340 g/mol. The third kappa shape index (κ3) is 4.05. The van der Waals surface area contributed by atoms with Crippen LogP contribution in [0.2, 0.25) is 5.02 Å². The summed E-state index contributed by atoms with van der Waals surface area (Å²) in [5.74, 6) is 1.87. The van der Waals surface area contributed by atoms with Crippen molar-refractivity contribution in [3.63, 3.8) is 0 Å². The molecule has 0 aliphatic carbocycles. The standard InChI is InChI=1S/C20H21ClN2O/c1-14(2)20(15-7-4-3-5-8-15)23-13-19-22-12-18(24-19)16-9-6-10-17(21)11-16/h3-12,14,20,23H,13H2,1-2H3. The zero-order valence-electron chi connectivity index (χ0n) is 13.9. The second kappa shape index (κ2) is 7.65. The highest BCUT2D eigenvalue weighted by Gasteiger charge is 2.16. The molecule has 1 aromatic heterocycles. The van der Waals surface area contributed by atoms with Gasteiger partial charge >= 0.3 is 0 Å². The fourth-order valence-electron chi connectivity index (χ4n) is 2.76. The number of hydrogen-bond donors (Lipinski definition) is 1. The molecule has 0 aliphatic rings. The lowest BCUT2D eigenvalue weighted by molar-refractivity contribution is 0.380. The first-order valence-corrected chi connectivity index (χ1v) is 8.50. The van der Waals surface area contributed by atoms with Crippen LogP contribution in [-0.2, 0) is 6.54 Å². The van der Waals surface area contributed by atoms with Crippen LogP contribution in [0.15, 0.2) is 65.2 Å². The topological polar surface area (TPSA) is 38.1 Å². The van der Waals surface area contributed by atoms with E-state index >= 15 is 0 Å². The van der Waals surface area contributed by atoms with E-state index < -0.39 is 0 Å². The smallest absolute Gasteiger partial charge is 0.208 e. The van der Waals surface area contributed by atoms with Gasteiger partial charge in [-0.1, -0.05) is 67.9 Å². The van der Waals surface area contributed by atoms with Crippen molar-refractivity contribution in [3.05, 3.63) is 77.3 Å². The van der Waals surface area contributed by atoms with Gasteiger partial charge in [-0.05, 0) is 23.6 Å². The summed E-state index contributed by atoms with van der Waals surface area (Å²) in [5, 5.41) is 4.23. The average molecular weight is 341 g/mol. The summed E-state index contributed by atoms with van der Waals surface area (Å²) in [6, 6.07) is 18.3. The van der Waals surface area contributed by atoms with Crippen LogP contribution in [0.1, 0.15) is 31.3 Å². The molecule has 0 amide bonds. The molecule has 1 N–H and O–H groups in total. The number of nitrogens with zero attached hydrogens (tertiary/aromatic N) is 1. The van der Waals surface area contributed by atoms with Crippen LogP contribution in [0, 0.1) is 5.92 Å². The molecule has 3 rings (SSSR count). The summed E-state index contributed by atoms with van der Waals surface area (Å²) in [6.07, 6.45) is 1.75. The predicted octanol–water partition coefficient (Wildman–Crippen LogP) is 5.48. The Balaban J connectivity index is 1.70. The van der Waals surface area contributed by atoms with Crippen LogP contribution in [0.4, 0.5) is 0 Å². The lowest BCUT2D eigenvalue weighted by Gasteiger charge is -2.22. The maximum Gasteiger partial charge on any atom is 0.208 e. The Kier molecular flexibility index (Phi) is 5.34. The van der Waals surface area contributed by atoms with E-state index in [9.17, 15) is 0 Å². The van der Waals surface area contributed by atoms with E-state index in [1.54, 1.807) is 6.20 Å². The Hall–Kier alpha value is -2.10. The number of aromatic nitrogens is 1. The van der Waals surface area contributed by atoms with Crippen LogP contribution in [0.3, 0.4) is 0 Å². The zero-order chi connectivity index (χ0) is 16.9. The largest absolute Gasteiger partial charge is 0.439 e. The SMILES string of the molecule is CC(C)C(NCc1ncc(-c2cccc(Cl)c2)o1)c1ccccc1. The molecule has 0 radical (unpaired) electrons. The molecule has 1 unspecified atom stereocenters. The van der Waals surface area contributed by atoms with Gasteiger partial charge in [0.25, 0.3) is 0 Å². The Morgan fingerprint density at radius 2 is 1.88 bits per heavy atom.